The normalized spacial score (nSPS) is 19.8. The average molecular weight is 406 g/mol. The molecule has 1 aliphatic carbocycles. The fourth-order valence-electron chi connectivity index (χ4n) is 4.75. The molecular formula is C26H28FNO2. The first-order valence-corrected chi connectivity index (χ1v) is 10.7. The van der Waals surface area contributed by atoms with Crippen LogP contribution in [0, 0.1) is 5.82 Å². The quantitative estimate of drug-likeness (QED) is 0.508. The highest BCUT2D eigenvalue weighted by molar-refractivity contribution is 5.86. The summed E-state index contributed by atoms with van der Waals surface area (Å²) < 4.78 is 14.1. The van der Waals surface area contributed by atoms with Gasteiger partial charge in [0, 0.05) is 23.9 Å². The molecule has 1 saturated carbocycles. The summed E-state index contributed by atoms with van der Waals surface area (Å²) in [7, 11) is 0. The first-order valence-electron chi connectivity index (χ1n) is 10.7. The number of hydrogen-bond donors (Lipinski definition) is 2. The molecule has 2 N–H and O–H groups in total. The van der Waals surface area contributed by atoms with Gasteiger partial charge in [-0.25, -0.2) is 4.39 Å². The molecule has 0 amide bonds. The van der Waals surface area contributed by atoms with Crippen molar-refractivity contribution in [2.24, 2.45) is 0 Å². The van der Waals surface area contributed by atoms with Crippen LogP contribution < -0.4 is 5.32 Å². The van der Waals surface area contributed by atoms with Crippen molar-refractivity contribution in [1.82, 2.24) is 5.32 Å². The Balaban J connectivity index is 1.39. The number of hydrogen-bond acceptors (Lipinski definition) is 2. The van der Waals surface area contributed by atoms with E-state index in [0.29, 0.717) is 23.8 Å². The maximum atomic E-state index is 14.1. The van der Waals surface area contributed by atoms with Crippen LogP contribution in [0.3, 0.4) is 0 Å². The SMILES string of the molecule is CC(NC1CCC(c2ccc(CCC(=O)O)cc2)C1)c1ccc(F)c2ccccc12. The third-order valence-electron chi connectivity index (χ3n) is 6.37. The van der Waals surface area contributed by atoms with E-state index >= 15 is 0 Å². The van der Waals surface area contributed by atoms with Crippen LogP contribution in [-0.2, 0) is 11.2 Å². The number of carboxylic acids is 1. The van der Waals surface area contributed by atoms with Gasteiger partial charge in [-0.15, -0.1) is 0 Å². The lowest BCUT2D eigenvalue weighted by molar-refractivity contribution is -0.136. The minimum absolute atomic E-state index is 0.151. The summed E-state index contributed by atoms with van der Waals surface area (Å²) in [5, 5.41) is 14.2. The zero-order valence-corrected chi connectivity index (χ0v) is 17.3. The zero-order valence-electron chi connectivity index (χ0n) is 17.3. The van der Waals surface area contributed by atoms with Crippen molar-refractivity contribution in [1.29, 1.82) is 0 Å². The Bertz CT molecular complexity index is 1030. The number of benzene rings is 3. The molecule has 0 spiro atoms. The van der Waals surface area contributed by atoms with Crippen LogP contribution in [0.2, 0.25) is 0 Å². The molecule has 0 aliphatic heterocycles. The van der Waals surface area contributed by atoms with Crippen molar-refractivity contribution in [3.05, 3.63) is 83.2 Å². The molecule has 3 aromatic rings. The highest BCUT2D eigenvalue weighted by atomic mass is 19.1. The Morgan fingerprint density at radius 3 is 2.53 bits per heavy atom. The Morgan fingerprint density at radius 1 is 1.07 bits per heavy atom. The van der Waals surface area contributed by atoms with Gasteiger partial charge < -0.3 is 10.4 Å². The molecule has 3 nitrogen and oxygen atoms in total. The van der Waals surface area contributed by atoms with E-state index < -0.39 is 5.97 Å². The van der Waals surface area contributed by atoms with Gasteiger partial charge in [0.15, 0.2) is 0 Å². The summed E-state index contributed by atoms with van der Waals surface area (Å²) in [6, 6.07) is 20.2. The lowest BCUT2D eigenvalue weighted by Gasteiger charge is -2.22. The van der Waals surface area contributed by atoms with E-state index in [1.807, 2.05) is 30.3 Å². The van der Waals surface area contributed by atoms with Crippen molar-refractivity contribution in [3.8, 4) is 0 Å². The predicted octanol–water partition coefficient (Wildman–Crippen LogP) is 5.98. The standard InChI is InChI=1S/C26H28FNO2/c1-17(22-13-14-25(27)24-5-3-2-4-23(22)24)28-21-12-11-20(16-21)19-9-6-18(7-10-19)8-15-26(29)30/h2-7,9-10,13-14,17,20-21,28H,8,11-12,15-16H2,1H3,(H,29,30). The second-order valence-corrected chi connectivity index (χ2v) is 8.41. The number of fused-ring (bicyclic) bond motifs is 1. The Labute approximate surface area is 176 Å². The van der Waals surface area contributed by atoms with E-state index in [1.165, 1.54) is 5.56 Å². The zero-order chi connectivity index (χ0) is 21.1. The molecule has 0 bridgehead atoms. The van der Waals surface area contributed by atoms with E-state index in [-0.39, 0.29) is 18.3 Å². The molecule has 156 valence electrons. The minimum atomic E-state index is -0.758. The number of aryl methyl sites for hydroxylation is 1. The third-order valence-corrected chi connectivity index (χ3v) is 6.37. The summed E-state index contributed by atoms with van der Waals surface area (Å²) in [4.78, 5) is 10.7. The van der Waals surface area contributed by atoms with E-state index in [2.05, 4.69) is 36.5 Å². The second kappa shape index (κ2) is 8.97. The summed E-state index contributed by atoms with van der Waals surface area (Å²) in [5.41, 5.74) is 3.54. The van der Waals surface area contributed by atoms with Gasteiger partial charge in [0.2, 0.25) is 0 Å². The van der Waals surface area contributed by atoms with Crippen LogP contribution in [0.4, 0.5) is 4.39 Å². The van der Waals surface area contributed by atoms with Crippen LogP contribution in [0.25, 0.3) is 10.8 Å². The Kier molecular flexibility index (Phi) is 6.14. The number of aliphatic carboxylic acids is 1. The summed E-state index contributed by atoms with van der Waals surface area (Å²) in [5.74, 6) is -0.408. The van der Waals surface area contributed by atoms with Gasteiger partial charge in [-0.05, 0) is 66.7 Å². The fourth-order valence-corrected chi connectivity index (χ4v) is 4.75. The highest BCUT2D eigenvalue weighted by Crippen LogP contribution is 2.36. The van der Waals surface area contributed by atoms with Gasteiger partial charge >= 0.3 is 5.97 Å². The number of halogens is 1. The Morgan fingerprint density at radius 2 is 1.80 bits per heavy atom. The van der Waals surface area contributed by atoms with Gasteiger partial charge in [0.05, 0.1) is 0 Å². The van der Waals surface area contributed by atoms with E-state index in [0.717, 1.165) is 35.8 Å². The first-order chi connectivity index (χ1) is 14.5. The topological polar surface area (TPSA) is 49.3 Å². The molecule has 3 unspecified atom stereocenters. The van der Waals surface area contributed by atoms with Crippen LogP contribution >= 0.6 is 0 Å². The molecule has 0 aromatic heterocycles. The van der Waals surface area contributed by atoms with Gasteiger partial charge in [-0.1, -0.05) is 54.6 Å². The smallest absolute Gasteiger partial charge is 0.303 e. The number of rotatable bonds is 7. The van der Waals surface area contributed by atoms with Crippen molar-refractivity contribution in [2.75, 3.05) is 0 Å². The van der Waals surface area contributed by atoms with Crippen molar-refractivity contribution in [3.63, 3.8) is 0 Å². The van der Waals surface area contributed by atoms with Gasteiger partial charge in [0.25, 0.3) is 0 Å². The molecule has 30 heavy (non-hydrogen) atoms. The number of carbonyl (C=O) groups is 1. The molecule has 3 atom stereocenters. The van der Waals surface area contributed by atoms with Crippen molar-refractivity contribution < 1.29 is 14.3 Å². The van der Waals surface area contributed by atoms with Gasteiger partial charge in [-0.2, -0.15) is 0 Å². The third kappa shape index (κ3) is 4.54. The van der Waals surface area contributed by atoms with Crippen LogP contribution in [0.5, 0.6) is 0 Å². The molecule has 0 radical (unpaired) electrons. The Hall–Kier alpha value is -2.72. The molecule has 4 rings (SSSR count). The predicted molar refractivity (Wildman–Crippen MR) is 118 cm³/mol. The fraction of sp³-hybridized carbons (Fsp3) is 0.346. The lowest BCUT2D eigenvalue weighted by atomic mass is 9.95. The lowest BCUT2D eigenvalue weighted by Crippen LogP contribution is -2.29. The summed E-state index contributed by atoms with van der Waals surface area (Å²) in [6.07, 6.45) is 4.09. The monoisotopic (exact) mass is 405 g/mol. The number of nitrogens with one attached hydrogen (secondary N) is 1. The van der Waals surface area contributed by atoms with E-state index in [1.54, 1.807) is 6.07 Å². The molecule has 4 heteroatoms. The molecule has 0 heterocycles. The van der Waals surface area contributed by atoms with Gasteiger partial charge in [0.1, 0.15) is 5.82 Å². The maximum absolute atomic E-state index is 14.1. The maximum Gasteiger partial charge on any atom is 0.303 e. The second-order valence-electron chi connectivity index (χ2n) is 8.41. The van der Waals surface area contributed by atoms with Gasteiger partial charge in [-0.3, -0.25) is 4.79 Å². The van der Waals surface area contributed by atoms with Crippen LogP contribution in [0.1, 0.15) is 61.3 Å². The van der Waals surface area contributed by atoms with Crippen LogP contribution in [-0.4, -0.2) is 17.1 Å². The molecule has 1 aliphatic rings. The average Bonchev–Trinajstić information content (AvgIpc) is 3.21. The summed E-state index contributed by atoms with van der Waals surface area (Å²) >= 11 is 0. The molecule has 0 saturated heterocycles. The highest BCUT2D eigenvalue weighted by Gasteiger charge is 2.27. The first kappa shape index (κ1) is 20.5. The van der Waals surface area contributed by atoms with E-state index in [9.17, 15) is 9.18 Å². The molecule has 3 aromatic carbocycles. The molecule has 1 fully saturated rings. The number of carboxylic acid groups (broad SMARTS) is 1. The van der Waals surface area contributed by atoms with Crippen molar-refractivity contribution in [2.45, 2.75) is 57.0 Å². The largest absolute Gasteiger partial charge is 0.481 e. The minimum Gasteiger partial charge on any atom is -0.481 e. The summed E-state index contributed by atoms with van der Waals surface area (Å²) in [6.45, 7) is 2.16. The van der Waals surface area contributed by atoms with E-state index in [4.69, 9.17) is 5.11 Å². The van der Waals surface area contributed by atoms with Crippen LogP contribution in [0.15, 0.2) is 60.7 Å². The molecular weight excluding hydrogens is 377 g/mol. The van der Waals surface area contributed by atoms with Crippen molar-refractivity contribution >= 4 is 16.7 Å².